The molecule has 1 atom stereocenters. The molecule has 0 aliphatic rings. The van der Waals surface area contributed by atoms with Crippen LogP contribution in [-0.4, -0.2) is 13.1 Å². The lowest BCUT2D eigenvalue weighted by atomic mass is 10.1. The van der Waals surface area contributed by atoms with E-state index in [0.29, 0.717) is 0 Å². The molecule has 78 valence electrons. The summed E-state index contributed by atoms with van der Waals surface area (Å²) in [6.45, 7) is 1.87. The molecule has 1 unspecified atom stereocenters. The molecule has 1 aromatic carbocycles. The van der Waals surface area contributed by atoms with Crippen LogP contribution in [0.3, 0.4) is 0 Å². The van der Waals surface area contributed by atoms with Gasteiger partial charge in [0.05, 0.1) is 13.0 Å². The molecule has 0 radical (unpaired) electrons. The Bertz CT molecular complexity index is 454. The van der Waals surface area contributed by atoms with Crippen molar-refractivity contribution in [3.05, 3.63) is 35.2 Å². The number of esters is 1. The molecular weight excluding hydrogens is 208 g/mol. The zero-order valence-electron chi connectivity index (χ0n) is 8.69. The average Bonchev–Trinajstić information content (AvgIpc) is 2.70. The molecule has 0 aliphatic heterocycles. The number of carbonyl (C=O) groups is 1. The van der Waals surface area contributed by atoms with Gasteiger partial charge in [-0.05, 0) is 24.4 Å². The molecule has 2 nitrogen and oxygen atoms in total. The van der Waals surface area contributed by atoms with Crippen LogP contribution in [-0.2, 0) is 9.53 Å². The Balaban J connectivity index is 2.40. The minimum absolute atomic E-state index is 0.174. The SMILES string of the molecule is COC(=O)C(C)c1cc2ccccc2s1. The Morgan fingerprint density at radius 3 is 2.80 bits per heavy atom. The second-order valence-electron chi connectivity index (χ2n) is 3.43. The monoisotopic (exact) mass is 220 g/mol. The van der Waals surface area contributed by atoms with E-state index >= 15 is 0 Å². The van der Waals surface area contributed by atoms with E-state index in [1.54, 1.807) is 11.3 Å². The summed E-state index contributed by atoms with van der Waals surface area (Å²) in [5, 5.41) is 1.19. The molecule has 3 heteroatoms. The Morgan fingerprint density at radius 2 is 2.13 bits per heavy atom. The first-order valence-corrected chi connectivity index (χ1v) is 5.60. The van der Waals surface area contributed by atoms with Crippen LogP contribution in [0.1, 0.15) is 17.7 Å². The molecule has 0 saturated heterocycles. The van der Waals surface area contributed by atoms with Gasteiger partial charge < -0.3 is 4.74 Å². The van der Waals surface area contributed by atoms with Crippen LogP contribution in [0.15, 0.2) is 30.3 Å². The molecule has 0 amide bonds. The quantitative estimate of drug-likeness (QED) is 0.726. The molecule has 2 aromatic rings. The Morgan fingerprint density at radius 1 is 1.40 bits per heavy atom. The summed E-state index contributed by atoms with van der Waals surface area (Å²) >= 11 is 1.65. The van der Waals surface area contributed by atoms with Crippen LogP contribution in [0.5, 0.6) is 0 Å². The van der Waals surface area contributed by atoms with Gasteiger partial charge in [-0.1, -0.05) is 18.2 Å². The maximum absolute atomic E-state index is 11.4. The summed E-state index contributed by atoms with van der Waals surface area (Å²) in [6, 6.07) is 10.2. The van der Waals surface area contributed by atoms with Crippen LogP contribution in [0.25, 0.3) is 10.1 Å². The van der Waals surface area contributed by atoms with Crippen molar-refractivity contribution < 1.29 is 9.53 Å². The highest BCUT2D eigenvalue weighted by Crippen LogP contribution is 2.31. The summed E-state index contributed by atoms with van der Waals surface area (Å²) in [5.41, 5.74) is 0. The van der Waals surface area contributed by atoms with Gasteiger partial charge in [0.2, 0.25) is 0 Å². The second kappa shape index (κ2) is 4.03. The van der Waals surface area contributed by atoms with E-state index in [-0.39, 0.29) is 11.9 Å². The molecule has 0 N–H and O–H groups in total. The largest absolute Gasteiger partial charge is 0.469 e. The number of fused-ring (bicyclic) bond motifs is 1. The molecular formula is C12H12O2S. The van der Waals surface area contributed by atoms with Gasteiger partial charge in [-0.2, -0.15) is 0 Å². The van der Waals surface area contributed by atoms with Crippen LogP contribution >= 0.6 is 11.3 Å². The van der Waals surface area contributed by atoms with E-state index in [4.69, 9.17) is 4.74 Å². The van der Waals surface area contributed by atoms with Crippen molar-refractivity contribution in [1.29, 1.82) is 0 Å². The van der Waals surface area contributed by atoms with E-state index in [0.717, 1.165) is 4.88 Å². The number of rotatable bonds is 2. The van der Waals surface area contributed by atoms with Crippen LogP contribution < -0.4 is 0 Å². The summed E-state index contributed by atoms with van der Waals surface area (Å²) in [7, 11) is 1.42. The minimum Gasteiger partial charge on any atom is -0.469 e. The number of hydrogen-bond acceptors (Lipinski definition) is 3. The fourth-order valence-electron chi connectivity index (χ4n) is 1.51. The van der Waals surface area contributed by atoms with Gasteiger partial charge in [-0.3, -0.25) is 4.79 Å². The van der Waals surface area contributed by atoms with E-state index < -0.39 is 0 Å². The predicted octanol–water partition coefficient (Wildman–Crippen LogP) is 3.18. The molecule has 0 saturated carbocycles. The number of methoxy groups -OCH3 is 1. The third-order valence-electron chi connectivity index (χ3n) is 2.43. The number of ether oxygens (including phenoxy) is 1. The topological polar surface area (TPSA) is 26.3 Å². The fraction of sp³-hybridized carbons (Fsp3) is 0.250. The smallest absolute Gasteiger partial charge is 0.313 e. The maximum Gasteiger partial charge on any atom is 0.313 e. The number of benzene rings is 1. The normalized spacial score (nSPS) is 12.7. The van der Waals surface area contributed by atoms with Gasteiger partial charge in [-0.15, -0.1) is 11.3 Å². The highest BCUT2D eigenvalue weighted by Gasteiger charge is 2.17. The summed E-state index contributed by atoms with van der Waals surface area (Å²) in [4.78, 5) is 12.4. The third-order valence-corrected chi connectivity index (χ3v) is 3.72. The van der Waals surface area contributed by atoms with Crippen molar-refractivity contribution in [2.75, 3.05) is 7.11 Å². The highest BCUT2D eigenvalue weighted by atomic mass is 32.1. The maximum atomic E-state index is 11.4. The highest BCUT2D eigenvalue weighted by molar-refractivity contribution is 7.19. The lowest BCUT2D eigenvalue weighted by molar-refractivity contribution is -0.141. The fourth-order valence-corrected chi connectivity index (χ4v) is 2.61. The Kier molecular flexibility index (Phi) is 2.73. The molecule has 15 heavy (non-hydrogen) atoms. The van der Waals surface area contributed by atoms with Gasteiger partial charge >= 0.3 is 5.97 Å². The Hall–Kier alpha value is -1.35. The average molecular weight is 220 g/mol. The van der Waals surface area contributed by atoms with Gasteiger partial charge in [0.15, 0.2) is 0 Å². The van der Waals surface area contributed by atoms with Crippen molar-refractivity contribution in [3.8, 4) is 0 Å². The first-order valence-electron chi connectivity index (χ1n) is 4.78. The van der Waals surface area contributed by atoms with Crippen molar-refractivity contribution in [3.63, 3.8) is 0 Å². The van der Waals surface area contributed by atoms with E-state index in [1.807, 2.05) is 19.1 Å². The van der Waals surface area contributed by atoms with Gasteiger partial charge in [-0.25, -0.2) is 0 Å². The van der Waals surface area contributed by atoms with E-state index in [1.165, 1.54) is 17.2 Å². The first kappa shape index (κ1) is 10.2. The number of carbonyl (C=O) groups excluding carboxylic acids is 1. The van der Waals surface area contributed by atoms with E-state index in [9.17, 15) is 4.79 Å². The predicted molar refractivity (Wildman–Crippen MR) is 62.3 cm³/mol. The second-order valence-corrected chi connectivity index (χ2v) is 4.55. The van der Waals surface area contributed by atoms with Crippen LogP contribution in [0, 0.1) is 0 Å². The molecule has 1 aromatic heterocycles. The summed E-state index contributed by atoms with van der Waals surface area (Å²) in [5.74, 6) is -0.353. The van der Waals surface area contributed by atoms with Crippen molar-refractivity contribution in [1.82, 2.24) is 0 Å². The molecule has 2 rings (SSSR count). The molecule has 0 fully saturated rings. The van der Waals surface area contributed by atoms with Gasteiger partial charge in [0.25, 0.3) is 0 Å². The van der Waals surface area contributed by atoms with Crippen LogP contribution in [0.4, 0.5) is 0 Å². The third kappa shape index (κ3) is 1.88. The molecule has 1 heterocycles. The zero-order valence-corrected chi connectivity index (χ0v) is 9.51. The Labute approximate surface area is 92.5 Å². The first-order chi connectivity index (χ1) is 7.22. The van der Waals surface area contributed by atoms with Crippen molar-refractivity contribution in [2.45, 2.75) is 12.8 Å². The summed E-state index contributed by atoms with van der Waals surface area (Å²) < 4.78 is 5.94. The van der Waals surface area contributed by atoms with Crippen LogP contribution in [0.2, 0.25) is 0 Å². The lowest BCUT2D eigenvalue weighted by Gasteiger charge is -2.04. The standard InChI is InChI=1S/C12H12O2S/c1-8(12(13)14-2)11-7-9-5-3-4-6-10(9)15-11/h3-8H,1-2H3. The van der Waals surface area contributed by atoms with E-state index in [2.05, 4.69) is 18.2 Å². The van der Waals surface area contributed by atoms with Crippen molar-refractivity contribution in [2.24, 2.45) is 0 Å². The molecule has 0 bridgehead atoms. The summed E-state index contributed by atoms with van der Waals surface area (Å²) in [6.07, 6.45) is 0. The molecule has 0 aliphatic carbocycles. The van der Waals surface area contributed by atoms with Gasteiger partial charge in [0.1, 0.15) is 0 Å². The zero-order chi connectivity index (χ0) is 10.8. The van der Waals surface area contributed by atoms with Gasteiger partial charge in [0, 0.05) is 9.58 Å². The number of hydrogen-bond donors (Lipinski definition) is 0. The molecule has 0 spiro atoms. The van der Waals surface area contributed by atoms with Crippen molar-refractivity contribution >= 4 is 27.4 Å². The minimum atomic E-state index is -0.179. The lowest BCUT2D eigenvalue weighted by Crippen LogP contribution is -2.09. The number of thiophene rings is 1.